The minimum atomic E-state index is 0.584. The monoisotopic (exact) mass is 211 g/mol. The fourth-order valence-corrected chi connectivity index (χ4v) is 3.45. The molecule has 0 aliphatic heterocycles. The second-order valence-electron chi connectivity index (χ2n) is 6.23. The maximum absolute atomic E-state index is 3.53. The third-order valence-corrected chi connectivity index (χ3v) is 4.25. The van der Waals surface area contributed by atoms with Crippen LogP contribution in [0.15, 0.2) is 0 Å². The van der Waals surface area contributed by atoms with Gasteiger partial charge in [-0.3, -0.25) is 0 Å². The number of rotatable bonds is 4. The van der Waals surface area contributed by atoms with Crippen molar-refractivity contribution in [1.29, 1.82) is 0 Å². The topological polar surface area (TPSA) is 12.0 Å². The van der Waals surface area contributed by atoms with Crippen LogP contribution in [0.25, 0.3) is 0 Å². The lowest BCUT2D eigenvalue weighted by Crippen LogP contribution is -2.41. The molecule has 0 heterocycles. The van der Waals surface area contributed by atoms with E-state index in [1.165, 1.54) is 32.1 Å². The van der Waals surface area contributed by atoms with Crippen LogP contribution < -0.4 is 5.32 Å². The van der Waals surface area contributed by atoms with Crippen LogP contribution >= 0.6 is 0 Å². The normalized spacial score (nSPS) is 32.6. The number of hydrogen-bond acceptors (Lipinski definition) is 1. The fourth-order valence-electron chi connectivity index (χ4n) is 3.45. The molecule has 3 unspecified atom stereocenters. The SMILES string of the molecule is CCCC(NC)C1CCC(C)(C)CC1C. The van der Waals surface area contributed by atoms with E-state index in [2.05, 4.69) is 40.1 Å². The molecule has 3 atom stereocenters. The van der Waals surface area contributed by atoms with Crippen LogP contribution in [0.4, 0.5) is 0 Å². The standard InChI is InChI=1S/C14H29N/c1-6-7-13(15-5)12-8-9-14(3,4)10-11(12)2/h11-13,15H,6-10H2,1-5H3. The molecule has 1 fully saturated rings. The summed E-state index contributed by atoms with van der Waals surface area (Å²) in [6.07, 6.45) is 6.87. The van der Waals surface area contributed by atoms with E-state index in [9.17, 15) is 0 Å². The van der Waals surface area contributed by atoms with Gasteiger partial charge in [0.1, 0.15) is 0 Å². The van der Waals surface area contributed by atoms with Gasteiger partial charge in [-0.25, -0.2) is 0 Å². The van der Waals surface area contributed by atoms with Gasteiger partial charge in [0.05, 0.1) is 0 Å². The molecule has 0 radical (unpaired) electrons. The third kappa shape index (κ3) is 3.48. The van der Waals surface area contributed by atoms with Crippen LogP contribution in [0.2, 0.25) is 0 Å². The van der Waals surface area contributed by atoms with Gasteiger partial charge in [-0.15, -0.1) is 0 Å². The Morgan fingerprint density at radius 3 is 2.53 bits per heavy atom. The van der Waals surface area contributed by atoms with Crippen molar-refractivity contribution >= 4 is 0 Å². The lowest BCUT2D eigenvalue weighted by molar-refractivity contribution is 0.101. The molecule has 0 bridgehead atoms. The molecule has 1 aliphatic rings. The highest BCUT2D eigenvalue weighted by molar-refractivity contribution is 4.88. The molecule has 0 spiro atoms. The first-order valence-corrected chi connectivity index (χ1v) is 6.67. The van der Waals surface area contributed by atoms with Gasteiger partial charge in [-0.05, 0) is 50.0 Å². The van der Waals surface area contributed by atoms with Gasteiger partial charge in [-0.2, -0.15) is 0 Å². The Kier molecular flexibility index (Phi) is 4.64. The molecular weight excluding hydrogens is 182 g/mol. The summed E-state index contributed by atoms with van der Waals surface area (Å²) in [6.45, 7) is 9.59. The van der Waals surface area contributed by atoms with Crippen molar-refractivity contribution in [1.82, 2.24) is 5.32 Å². The van der Waals surface area contributed by atoms with Crippen molar-refractivity contribution in [2.75, 3.05) is 7.05 Å². The van der Waals surface area contributed by atoms with E-state index in [1.807, 2.05) is 0 Å². The Morgan fingerprint density at radius 2 is 2.07 bits per heavy atom. The van der Waals surface area contributed by atoms with Gasteiger partial charge in [0.25, 0.3) is 0 Å². The van der Waals surface area contributed by atoms with Gasteiger partial charge in [-0.1, -0.05) is 34.1 Å². The van der Waals surface area contributed by atoms with Crippen molar-refractivity contribution in [2.45, 2.75) is 65.8 Å². The Bertz CT molecular complexity index is 186. The largest absolute Gasteiger partial charge is 0.317 e. The van der Waals surface area contributed by atoms with E-state index in [1.54, 1.807) is 0 Å². The number of nitrogens with one attached hydrogen (secondary N) is 1. The number of hydrogen-bond donors (Lipinski definition) is 1. The highest BCUT2D eigenvalue weighted by atomic mass is 14.9. The predicted molar refractivity (Wildman–Crippen MR) is 68.0 cm³/mol. The second kappa shape index (κ2) is 5.34. The molecule has 0 saturated heterocycles. The quantitative estimate of drug-likeness (QED) is 0.745. The van der Waals surface area contributed by atoms with Crippen molar-refractivity contribution < 1.29 is 0 Å². The maximum atomic E-state index is 3.53. The molecule has 1 nitrogen and oxygen atoms in total. The first-order valence-electron chi connectivity index (χ1n) is 6.67. The zero-order chi connectivity index (χ0) is 11.5. The summed E-state index contributed by atoms with van der Waals surface area (Å²) in [5.41, 5.74) is 0.584. The van der Waals surface area contributed by atoms with E-state index in [0.717, 1.165) is 17.9 Å². The van der Waals surface area contributed by atoms with Crippen molar-refractivity contribution in [3.8, 4) is 0 Å². The molecule has 0 aromatic carbocycles. The summed E-state index contributed by atoms with van der Waals surface area (Å²) in [7, 11) is 2.13. The molecule has 0 amide bonds. The van der Waals surface area contributed by atoms with Gasteiger partial charge < -0.3 is 5.32 Å². The summed E-state index contributed by atoms with van der Waals surface area (Å²) in [6, 6.07) is 0.751. The summed E-state index contributed by atoms with van der Waals surface area (Å²) < 4.78 is 0. The lowest BCUT2D eigenvalue weighted by Gasteiger charge is -2.42. The second-order valence-corrected chi connectivity index (χ2v) is 6.23. The zero-order valence-electron chi connectivity index (χ0n) is 11.3. The van der Waals surface area contributed by atoms with E-state index in [4.69, 9.17) is 0 Å². The molecule has 15 heavy (non-hydrogen) atoms. The third-order valence-electron chi connectivity index (χ3n) is 4.25. The lowest BCUT2D eigenvalue weighted by atomic mass is 9.65. The van der Waals surface area contributed by atoms with Crippen LogP contribution in [0, 0.1) is 17.3 Å². The Labute approximate surface area is 96.0 Å². The van der Waals surface area contributed by atoms with Crippen molar-refractivity contribution in [3.63, 3.8) is 0 Å². The van der Waals surface area contributed by atoms with Crippen LogP contribution in [-0.2, 0) is 0 Å². The van der Waals surface area contributed by atoms with Crippen LogP contribution in [0.3, 0.4) is 0 Å². The summed E-state index contributed by atoms with van der Waals surface area (Å²) >= 11 is 0. The maximum Gasteiger partial charge on any atom is 0.00947 e. The average Bonchev–Trinajstić information content (AvgIpc) is 2.14. The van der Waals surface area contributed by atoms with E-state index < -0.39 is 0 Å². The molecule has 1 heteroatoms. The first-order chi connectivity index (χ1) is 7.00. The minimum Gasteiger partial charge on any atom is -0.317 e. The average molecular weight is 211 g/mol. The van der Waals surface area contributed by atoms with E-state index >= 15 is 0 Å². The molecule has 1 rings (SSSR count). The molecule has 1 aliphatic carbocycles. The highest BCUT2D eigenvalue weighted by Gasteiger charge is 2.35. The molecule has 0 aromatic heterocycles. The van der Waals surface area contributed by atoms with Crippen LogP contribution in [0.5, 0.6) is 0 Å². The van der Waals surface area contributed by atoms with Gasteiger partial charge >= 0.3 is 0 Å². The van der Waals surface area contributed by atoms with Gasteiger partial charge in [0, 0.05) is 6.04 Å². The minimum absolute atomic E-state index is 0.584. The molecule has 0 aromatic rings. The Hall–Kier alpha value is -0.0400. The Morgan fingerprint density at radius 1 is 1.40 bits per heavy atom. The zero-order valence-corrected chi connectivity index (χ0v) is 11.3. The molecule has 90 valence electrons. The molecule has 1 N–H and O–H groups in total. The molecule has 1 saturated carbocycles. The summed E-state index contributed by atoms with van der Waals surface area (Å²) in [5.74, 6) is 1.79. The summed E-state index contributed by atoms with van der Waals surface area (Å²) in [5, 5.41) is 3.53. The van der Waals surface area contributed by atoms with Crippen molar-refractivity contribution in [3.05, 3.63) is 0 Å². The Balaban J connectivity index is 2.55. The van der Waals surface area contributed by atoms with Crippen LogP contribution in [-0.4, -0.2) is 13.1 Å². The van der Waals surface area contributed by atoms with Gasteiger partial charge in [0.2, 0.25) is 0 Å². The highest BCUT2D eigenvalue weighted by Crippen LogP contribution is 2.43. The van der Waals surface area contributed by atoms with E-state index in [0.29, 0.717) is 5.41 Å². The summed E-state index contributed by atoms with van der Waals surface area (Å²) in [4.78, 5) is 0. The fraction of sp³-hybridized carbons (Fsp3) is 1.00. The van der Waals surface area contributed by atoms with Crippen LogP contribution in [0.1, 0.15) is 59.8 Å². The smallest absolute Gasteiger partial charge is 0.00947 e. The predicted octanol–water partition coefficient (Wildman–Crippen LogP) is 3.84. The molecular formula is C14H29N. The van der Waals surface area contributed by atoms with Gasteiger partial charge in [0.15, 0.2) is 0 Å². The van der Waals surface area contributed by atoms with Crippen molar-refractivity contribution in [2.24, 2.45) is 17.3 Å². The first kappa shape index (κ1) is 13.0. The van der Waals surface area contributed by atoms with E-state index in [-0.39, 0.29) is 0 Å².